The Kier molecular flexibility index (Phi) is 6.33. The number of thiocarbonyl (C=S) groups is 1. The molecule has 1 aliphatic heterocycles. The van der Waals surface area contributed by atoms with E-state index in [2.05, 4.69) is 10.6 Å². The second kappa shape index (κ2) is 9.75. The number of fused-ring (bicyclic) bond motifs is 1. The number of carbonyl (C=O) groups excluding carboxylic acids is 3. The van der Waals surface area contributed by atoms with Crippen LogP contribution < -0.4 is 15.5 Å². The predicted octanol–water partition coefficient (Wildman–Crippen LogP) is 4.39. The van der Waals surface area contributed by atoms with Gasteiger partial charge in [0, 0.05) is 28.4 Å². The molecule has 2 heterocycles. The minimum atomic E-state index is -0.703. The van der Waals surface area contributed by atoms with Crippen molar-refractivity contribution >= 4 is 63.4 Å². The summed E-state index contributed by atoms with van der Waals surface area (Å²) in [6.45, 7) is -0.0687. The lowest BCUT2D eigenvalue weighted by atomic mass is 10.1. The first-order valence-corrected chi connectivity index (χ1v) is 11.5. The first-order chi connectivity index (χ1) is 17.8. The fourth-order valence-corrected chi connectivity index (χ4v) is 4.35. The Morgan fingerprint density at radius 3 is 2.49 bits per heavy atom. The predicted molar refractivity (Wildman–Crippen MR) is 140 cm³/mol. The van der Waals surface area contributed by atoms with Gasteiger partial charge >= 0.3 is 0 Å². The van der Waals surface area contributed by atoms with Crippen LogP contribution in [-0.2, 0) is 20.9 Å². The van der Waals surface area contributed by atoms with E-state index in [9.17, 15) is 23.2 Å². The molecule has 3 amide bonds. The number of amides is 3. The lowest BCUT2D eigenvalue weighted by Gasteiger charge is -2.28. The molecule has 10 heteroatoms. The summed E-state index contributed by atoms with van der Waals surface area (Å²) in [5, 5.41) is 5.73. The van der Waals surface area contributed by atoms with Gasteiger partial charge in [-0.2, -0.15) is 0 Å². The maximum Gasteiger partial charge on any atom is 0.270 e. The minimum Gasteiger partial charge on any atom is -0.337 e. The zero-order valence-electron chi connectivity index (χ0n) is 19.1. The normalized spacial score (nSPS) is 14.8. The highest BCUT2D eigenvalue weighted by Crippen LogP contribution is 2.27. The molecule has 1 aromatic heterocycles. The average Bonchev–Trinajstić information content (AvgIpc) is 3.20. The second-order valence-corrected chi connectivity index (χ2v) is 8.61. The van der Waals surface area contributed by atoms with Crippen molar-refractivity contribution in [2.45, 2.75) is 6.54 Å². The van der Waals surface area contributed by atoms with E-state index in [0.29, 0.717) is 22.2 Å². The zero-order chi connectivity index (χ0) is 26.1. The highest BCUT2D eigenvalue weighted by atomic mass is 32.1. The SMILES string of the molecule is O=C(Cn1cc(/C=C2\C(=O)NC(=S)N(c3cccc(F)c3)C2=O)c2ccccc21)Nc1ccc(F)cc1. The standard InChI is InChI=1S/C27H18F2N4O3S/c28-17-8-10-19(11-9-17)30-24(34)15-32-14-16(21-6-1-2-7-23(21)32)12-22-25(35)31-27(37)33(26(22)36)20-5-3-4-18(29)13-20/h1-14H,15H2,(H,30,34)(H,31,35,37)/b22-12+. The molecule has 0 atom stereocenters. The molecule has 0 bridgehead atoms. The molecule has 37 heavy (non-hydrogen) atoms. The number of rotatable bonds is 5. The molecule has 0 radical (unpaired) electrons. The van der Waals surface area contributed by atoms with Crippen LogP contribution in [0.3, 0.4) is 0 Å². The summed E-state index contributed by atoms with van der Waals surface area (Å²) in [6, 6.07) is 17.9. The summed E-state index contributed by atoms with van der Waals surface area (Å²) < 4.78 is 28.6. The molecule has 3 aromatic carbocycles. The summed E-state index contributed by atoms with van der Waals surface area (Å²) in [5.74, 6) is -2.71. The minimum absolute atomic E-state index is 0.0687. The van der Waals surface area contributed by atoms with Gasteiger partial charge in [-0.1, -0.05) is 24.3 Å². The Bertz CT molecular complexity index is 1610. The number of hydrogen-bond donors (Lipinski definition) is 2. The van der Waals surface area contributed by atoms with Gasteiger partial charge in [0.05, 0.1) is 5.69 Å². The maximum absolute atomic E-state index is 13.8. The molecule has 5 rings (SSSR count). The van der Waals surface area contributed by atoms with E-state index in [1.54, 1.807) is 35.0 Å². The number of halogens is 2. The van der Waals surface area contributed by atoms with Crippen molar-refractivity contribution in [3.8, 4) is 0 Å². The number of hydrogen-bond acceptors (Lipinski definition) is 4. The number of carbonyl (C=O) groups is 3. The van der Waals surface area contributed by atoms with Crippen LogP contribution in [0.25, 0.3) is 17.0 Å². The third-order valence-electron chi connectivity index (χ3n) is 5.73. The summed E-state index contributed by atoms with van der Waals surface area (Å²) in [4.78, 5) is 39.7. The number of para-hydroxylation sites is 1. The van der Waals surface area contributed by atoms with Crippen molar-refractivity contribution in [1.82, 2.24) is 9.88 Å². The van der Waals surface area contributed by atoms with Crippen LogP contribution in [0.4, 0.5) is 20.2 Å². The van der Waals surface area contributed by atoms with E-state index >= 15 is 0 Å². The Morgan fingerprint density at radius 1 is 0.973 bits per heavy atom. The van der Waals surface area contributed by atoms with Gasteiger partial charge in [0.1, 0.15) is 23.8 Å². The topological polar surface area (TPSA) is 83.4 Å². The van der Waals surface area contributed by atoms with Crippen molar-refractivity contribution in [2.24, 2.45) is 0 Å². The quantitative estimate of drug-likeness (QED) is 0.234. The average molecular weight is 517 g/mol. The molecule has 0 saturated carbocycles. The van der Waals surface area contributed by atoms with Crippen LogP contribution in [0.2, 0.25) is 0 Å². The van der Waals surface area contributed by atoms with Gasteiger partial charge < -0.3 is 9.88 Å². The van der Waals surface area contributed by atoms with Crippen LogP contribution in [0.5, 0.6) is 0 Å². The van der Waals surface area contributed by atoms with Gasteiger partial charge in [-0.05, 0) is 66.8 Å². The highest BCUT2D eigenvalue weighted by Gasteiger charge is 2.34. The van der Waals surface area contributed by atoms with E-state index < -0.39 is 23.4 Å². The number of aromatic nitrogens is 1. The van der Waals surface area contributed by atoms with Crippen LogP contribution in [0, 0.1) is 11.6 Å². The third kappa shape index (κ3) is 4.87. The Labute approximate surface area is 215 Å². The van der Waals surface area contributed by atoms with Crippen LogP contribution in [-0.4, -0.2) is 27.4 Å². The molecule has 1 fully saturated rings. The fourth-order valence-electron chi connectivity index (χ4n) is 4.07. The monoisotopic (exact) mass is 516 g/mol. The lowest BCUT2D eigenvalue weighted by molar-refractivity contribution is -0.122. The van der Waals surface area contributed by atoms with Crippen LogP contribution in [0.15, 0.2) is 84.6 Å². The molecule has 1 aliphatic rings. The summed E-state index contributed by atoms with van der Waals surface area (Å²) in [7, 11) is 0. The van der Waals surface area contributed by atoms with Crippen molar-refractivity contribution in [3.63, 3.8) is 0 Å². The van der Waals surface area contributed by atoms with Gasteiger partial charge in [0.25, 0.3) is 11.8 Å². The first-order valence-electron chi connectivity index (χ1n) is 11.1. The molecule has 2 N–H and O–H groups in total. The van der Waals surface area contributed by atoms with E-state index in [0.717, 1.165) is 11.0 Å². The largest absolute Gasteiger partial charge is 0.337 e. The Balaban J connectivity index is 1.48. The smallest absolute Gasteiger partial charge is 0.270 e. The van der Waals surface area contributed by atoms with Crippen molar-refractivity contribution in [2.75, 3.05) is 10.2 Å². The summed E-state index contributed by atoms with van der Waals surface area (Å²) in [5.41, 5.74) is 1.65. The maximum atomic E-state index is 13.8. The number of anilines is 2. The van der Waals surface area contributed by atoms with E-state index in [-0.39, 0.29) is 28.8 Å². The Hall–Kier alpha value is -4.70. The molecular formula is C27H18F2N4O3S. The van der Waals surface area contributed by atoms with Crippen molar-refractivity contribution < 1.29 is 23.2 Å². The first kappa shape index (κ1) is 24.0. The molecule has 1 saturated heterocycles. The molecular weight excluding hydrogens is 498 g/mol. The zero-order valence-corrected chi connectivity index (χ0v) is 19.9. The van der Waals surface area contributed by atoms with E-state index in [1.807, 2.05) is 0 Å². The van der Waals surface area contributed by atoms with E-state index in [1.165, 1.54) is 48.5 Å². The van der Waals surface area contributed by atoms with Crippen LogP contribution >= 0.6 is 12.2 Å². The lowest BCUT2D eigenvalue weighted by Crippen LogP contribution is -2.54. The molecule has 7 nitrogen and oxygen atoms in total. The van der Waals surface area contributed by atoms with Gasteiger partial charge in [-0.3, -0.25) is 24.6 Å². The molecule has 184 valence electrons. The Morgan fingerprint density at radius 2 is 1.73 bits per heavy atom. The van der Waals surface area contributed by atoms with E-state index in [4.69, 9.17) is 12.2 Å². The van der Waals surface area contributed by atoms with Crippen molar-refractivity contribution in [3.05, 3.63) is 102 Å². The molecule has 0 unspecified atom stereocenters. The van der Waals surface area contributed by atoms with Crippen LogP contribution in [0.1, 0.15) is 5.56 Å². The van der Waals surface area contributed by atoms with Gasteiger partial charge in [0.2, 0.25) is 5.91 Å². The van der Waals surface area contributed by atoms with Crippen molar-refractivity contribution in [1.29, 1.82) is 0 Å². The summed E-state index contributed by atoms with van der Waals surface area (Å²) >= 11 is 5.17. The van der Waals surface area contributed by atoms with Gasteiger partial charge in [0.15, 0.2) is 5.11 Å². The third-order valence-corrected chi connectivity index (χ3v) is 6.01. The molecule has 0 aliphatic carbocycles. The second-order valence-electron chi connectivity index (χ2n) is 8.22. The number of nitrogens with zero attached hydrogens (tertiary/aromatic N) is 2. The molecule has 0 spiro atoms. The molecule has 4 aromatic rings. The fraction of sp³-hybridized carbons (Fsp3) is 0.0370. The number of benzene rings is 3. The highest BCUT2D eigenvalue weighted by molar-refractivity contribution is 7.80. The number of nitrogens with one attached hydrogen (secondary N) is 2. The van der Waals surface area contributed by atoms with Gasteiger partial charge in [-0.15, -0.1) is 0 Å². The summed E-state index contributed by atoms with van der Waals surface area (Å²) in [6.07, 6.45) is 3.07. The van der Waals surface area contributed by atoms with Gasteiger partial charge in [-0.25, -0.2) is 8.78 Å².